The molecule has 2 rings (SSSR count). The number of Topliss-reactive ketones (excluding diaryl/α,β-unsaturated/α-hetero) is 1. The summed E-state index contributed by atoms with van der Waals surface area (Å²) >= 11 is 0. The molecule has 1 aromatic rings. The molecular formula is C16H18O6. The molecule has 22 heavy (non-hydrogen) atoms. The molecule has 0 aromatic heterocycles. The van der Waals surface area contributed by atoms with E-state index in [0.717, 1.165) is 0 Å². The smallest absolute Gasteiger partial charge is 0.311 e. The Hall–Kier alpha value is -2.50. The summed E-state index contributed by atoms with van der Waals surface area (Å²) in [6, 6.07) is 1.56. The fourth-order valence-corrected chi connectivity index (χ4v) is 2.29. The number of methoxy groups -OCH3 is 2. The Labute approximate surface area is 128 Å². The number of hydrogen-bond donors (Lipinski definition) is 1. The van der Waals surface area contributed by atoms with E-state index in [1.54, 1.807) is 12.1 Å². The summed E-state index contributed by atoms with van der Waals surface area (Å²) in [5.74, 6) is -0.773. The van der Waals surface area contributed by atoms with Gasteiger partial charge in [-0.1, -0.05) is 0 Å². The number of carbonyl (C=O) groups is 2. The molecule has 1 N–H and O–H groups in total. The number of carboxylic acid groups (broad SMARTS) is 1. The molecule has 118 valence electrons. The normalized spacial score (nSPS) is 14.7. The Morgan fingerprint density at radius 2 is 1.86 bits per heavy atom. The molecule has 0 unspecified atom stereocenters. The number of ether oxygens (including phenoxy) is 3. The average molecular weight is 306 g/mol. The first-order chi connectivity index (χ1) is 10.3. The van der Waals surface area contributed by atoms with Crippen LogP contribution in [0.2, 0.25) is 0 Å². The summed E-state index contributed by atoms with van der Waals surface area (Å²) in [5, 5.41) is 8.88. The van der Waals surface area contributed by atoms with Gasteiger partial charge in [0.15, 0.2) is 5.78 Å². The van der Waals surface area contributed by atoms with Crippen LogP contribution in [0.3, 0.4) is 0 Å². The van der Waals surface area contributed by atoms with Gasteiger partial charge >= 0.3 is 5.97 Å². The molecule has 0 fully saturated rings. The SMILES string of the molecule is COc1cc(OC)c(C(=O)CC(=O)O)c2c1C=CC(C)(C)O2. The van der Waals surface area contributed by atoms with Crippen molar-refractivity contribution in [1.29, 1.82) is 0 Å². The van der Waals surface area contributed by atoms with E-state index in [4.69, 9.17) is 19.3 Å². The lowest BCUT2D eigenvalue weighted by Crippen LogP contribution is -2.29. The molecule has 0 aliphatic carbocycles. The molecule has 0 saturated carbocycles. The van der Waals surface area contributed by atoms with Crippen molar-refractivity contribution in [3.05, 3.63) is 23.3 Å². The van der Waals surface area contributed by atoms with Gasteiger partial charge in [-0.05, 0) is 26.0 Å². The van der Waals surface area contributed by atoms with Crippen molar-refractivity contribution < 1.29 is 28.9 Å². The topological polar surface area (TPSA) is 82.1 Å². The second-order valence-electron chi connectivity index (χ2n) is 5.43. The number of carboxylic acids is 1. The average Bonchev–Trinajstić information content (AvgIpc) is 2.43. The third-order valence-electron chi connectivity index (χ3n) is 3.29. The van der Waals surface area contributed by atoms with Crippen molar-refractivity contribution in [2.24, 2.45) is 0 Å². The lowest BCUT2D eigenvalue weighted by atomic mass is 9.95. The van der Waals surface area contributed by atoms with E-state index in [9.17, 15) is 9.59 Å². The van der Waals surface area contributed by atoms with Gasteiger partial charge < -0.3 is 19.3 Å². The Kier molecular flexibility index (Phi) is 4.12. The van der Waals surface area contributed by atoms with Gasteiger partial charge in [0, 0.05) is 6.07 Å². The number of ketones is 1. The highest BCUT2D eigenvalue weighted by Crippen LogP contribution is 2.44. The molecular weight excluding hydrogens is 288 g/mol. The molecule has 0 saturated heterocycles. The van der Waals surface area contributed by atoms with Crippen LogP contribution in [0.1, 0.15) is 36.2 Å². The number of benzene rings is 1. The van der Waals surface area contributed by atoms with E-state index < -0.39 is 23.8 Å². The van der Waals surface area contributed by atoms with Crippen LogP contribution < -0.4 is 14.2 Å². The highest BCUT2D eigenvalue weighted by molar-refractivity contribution is 6.10. The van der Waals surface area contributed by atoms with Gasteiger partial charge in [0.05, 0.1) is 19.8 Å². The van der Waals surface area contributed by atoms with Crippen molar-refractivity contribution in [1.82, 2.24) is 0 Å². The number of aliphatic carboxylic acids is 1. The van der Waals surface area contributed by atoms with Crippen molar-refractivity contribution in [3.63, 3.8) is 0 Å². The predicted molar refractivity (Wildman–Crippen MR) is 79.9 cm³/mol. The third kappa shape index (κ3) is 2.90. The first kappa shape index (κ1) is 15.9. The van der Waals surface area contributed by atoms with Crippen LogP contribution in [0.25, 0.3) is 6.08 Å². The minimum Gasteiger partial charge on any atom is -0.496 e. The molecule has 6 heteroatoms. The fourth-order valence-electron chi connectivity index (χ4n) is 2.29. The second kappa shape index (κ2) is 5.71. The van der Waals surface area contributed by atoms with Crippen LogP contribution in [0.4, 0.5) is 0 Å². The zero-order chi connectivity index (χ0) is 16.5. The number of fused-ring (bicyclic) bond motifs is 1. The monoisotopic (exact) mass is 306 g/mol. The molecule has 0 bridgehead atoms. The van der Waals surface area contributed by atoms with Crippen molar-refractivity contribution in [2.75, 3.05) is 14.2 Å². The first-order valence-corrected chi connectivity index (χ1v) is 6.71. The zero-order valence-corrected chi connectivity index (χ0v) is 12.9. The first-order valence-electron chi connectivity index (χ1n) is 6.71. The minimum atomic E-state index is -1.21. The maximum atomic E-state index is 12.3. The predicted octanol–water partition coefficient (Wildman–Crippen LogP) is 2.55. The standard InChI is InChI=1S/C16H18O6/c1-16(2)6-5-9-11(20-3)8-12(21-4)14(15(9)22-16)10(17)7-13(18)19/h5-6,8H,7H2,1-4H3,(H,18,19). The summed E-state index contributed by atoms with van der Waals surface area (Å²) < 4.78 is 16.4. The van der Waals surface area contributed by atoms with Gasteiger partial charge in [0.2, 0.25) is 0 Å². The van der Waals surface area contributed by atoms with Crippen LogP contribution in [-0.4, -0.2) is 36.7 Å². The number of hydrogen-bond acceptors (Lipinski definition) is 5. The van der Waals surface area contributed by atoms with E-state index in [1.807, 2.05) is 19.9 Å². The van der Waals surface area contributed by atoms with Crippen molar-refractivity contribution in [3.8, 4) is 17.2 Å². The lowest BCUT2D eigenvalue weighted by Gasteiger charge is -2.30. The molecule has 1 aliphatic rings. The highest BCUT2D eigenvalue weighted by Gasteiger charge is 2.32. The number of rotatable bonds is 5. The second-order valence-corrected chi connectivity index (χ2v) is 5.43. The van der Waals surface area contributed by atoms with Crippen molar-refractivity contribution in [2.45, 2.75) is 25.9 Å². The molecule has 0 radical (unpaired) electrons. The van der Waals surface area contributed by atoms with Crippen LogP contribution in [0, 0.1) is 0 Å². The van der Waals surface area contributed by atoms with Gasteiger partial charge in [-0.25, -0.2) is 0 Å². The van der Waals surface area contributed by atoms with Crippen LogP contribution in [0.5, 0.6) is 17.2 Å². The molecule has 1 heterocycles. The molecule has 6 nitrogen and oxygen atoms in total. The van der Waals surface area contributed by atoms with E-state index in [0.29, 0.717) is 11.3 Å². The van der Waals surface area contributed by atoms with E-state index in [2.05, 4.69) is 0 Å². The molecule has 0 atom stereocenters. The summed E-state index contributed by atoms with van der Waals surface area (Å²) in [4.78, 5) is 23.2. The molecule has 1 aromatic carbocycles. The quantitative estimate of drug-likeness (QED) is 0.665. The summed E-state index contributed by atoms with van der Waals surface area (Å²) in [7, 11) is 2.91. The molecule has 1 aliphatic heterocycles. The van der Waals surface area contributed by atoms with E-state index in [1.165, 1.54) is 14.2 Å². The van der Waals surface area contributed by atoms with Gasteiger partial charge in [0.1, 0.15) is 34.8 Å². The van der Waals surface area contributed by atoms with E-state index in [-0.39, 0.29) is 17.1 Å². The Morgan fingerprint density at radius 3 is 2.41 bits per heavy atom. The summed E-state index contributed by atoms with van der Waals surface area (Å²) in [6.07, 6.45) is 3.01. The van der Waals surface area contributed by atoms with Gasteiger partial charge in [-0.3, -0.25) is 9.59 Å². The summed E-state index contributed by atoms with van der Waals surface area (Å²) in [6.45, 7) is 3.67. The minimum absolute atomic E-state index is 0.123. The van der Waals surface area contributed by atoms with Crippen LogP contribution >= 0.6 is 0 Å². The van der Waals surface area contributed by atoms with Gasteiger partial charge in [0.25, 0.3) is 0 Å². The third-order valence-corrected chi connectivity index (χ3v) is 3.29. The highest BCUT2D eigenvalue weighted by atomic mass is 16.5. The fraction of sp³-hybridized carbons (Fsp3) is 0.375. The maximum absolute atomic E-state index is 12.3. The zero-order valence-electron chi connectivity index (χ0n) is 12.9. The Balaban J connectivity index is 2.69. The Morgan fingerprint density at radius 1 is 1.23 bits per heavy atom. The largest absolute Gasteiger partial charge is 0.496 e. The lowest BCUT2D eigenvalue weighted by molar-refractivity contribution is -0.135. The maximum Gasteiger partial charge on any atom is 0.311 e. The van der Waals surface area contributed by atoms with Crippen LogP contribution in [-0.2, 0) is 4.79 Å². The van der Waals surface area contributed by atoms with Gasteiger partial charge in [-0.15, -0.1) is 0 Å². The molecule has 0 spiro atoms. The summed E-state index contributed by atoms with van der Waals surface area (Å²) in [5.41, 5.74) is 0.0947. The molecule has 0 amide bonds. The van der Waals surface area contributed by atoms with Crippen molar-refractivity contribution >= 4 is 17.8 Å². The Bertz CT molecular complexity index is 657. The van der Waals surface area contributed by atoms with Crippen LogP contribution in [0.15, 0.2) is 12.1 Å². The number of carbonyl (C=O) groups excluding carboxylic acids is 1. The van der Waals surface area contributed by atoms with Gasteiger partial charge in [-0.2, -0.15) is 0 Å². The van der Waals surface area contributed by atoms with E-state index >= 15 is 0 Å².